The summed E-state index contributed by atoms with van der Waals surface area (Å²) in [5.74, 6) is 0.247. The third-order valence-electron chi connectivity index (χ3n) is 5.64. The van der Waals surface area contributed by atoms with Gasteiger partial charge in [0, 0.05) is 25.2 Å². The lowest BCUT2D eigenvalue weighted by Crippen LogP contribution is -2.40. The molecule has 0 bridgehead atoms. The van der Waals surface area contributed by atoms with E-state index in [1.807, 2.05) is 11.6 Å². The van der Waals surface area contributed by atoms with E-state index in [4.69, 9.17) is 0 Å². The summed E-state index contributed by atoms with van der Waals surface area (Å²) >= 11 is 0. The Kier molecular flexibility index (Phi) is 5.51. The van der Waals surface area contributed by atoms with E-state index in [9.17, 15) is 8.42 Å². The van der Waals surface area contributed by atoms with E-state index in [0.29, 0.717) is 19.5 Å². The van der Waals surface area contributed by atoms with Gasteiger partial charge in [0.15, 0.2) is 0 Å². The summed E-state index contributed by atoms with van der Waals surface area (Å²) < 4.78 is 27.9. The van der Waals surface area contributed by atoms with E-state index < -0.39 is 10.0 Å². The van der Waals surface area contributed by atoms with Crippen molar-refractivity contribution in [3.63, 3.8) is 0 Å². The number of likely N-dealkylation sites (tertiary alicyclic amines) is 1. The normalized spacial score (nSPS) is 23.3. The number of rotatable bonds is 6. The van der Waals surface area contributed by atoms with Crippen molar-refractivity contribution in [2.45, 2.75) is 71.0 Å². The molecule has 2 aliphatic rings. The van der Waals surface area contributed by atoms with Crippen LogP contribution < -0.4 is 0 Å². The van der Waals surface area contributed by atoms with Gasteiger partial charge in [-0.15, -0.1) is 5.10 Å². The molecular formula is C17H31N5O2S. The average molecular weight is 370 g/mol. The van der Waals surface area contributed by atoms with Crippen LogP contribution in [0.5, 0.6) is 0 Å². The third-order valence-corrected chi connectivity index (χ3v) is 7.71. The molecule has 1 aromatic heterocycles. The van der Waals surface area contributed by atoms with Crippen LogP contribution in [0.2, 0.25) is 0 Å². The summed E-state index contributed by atoms with van der Waals surface area (Å²) in [5, 5.41) is 8.68. The monoisotopic (exact) mass is 369 g/mol. The molecule has 0 atom stereocenters. The largest absolute Gasteiger partial charge is 0.292 e. The van der Waals surface area contributed by atoms with Gasteiger partial charge in [-0.1, -0.05) is 12.1 Å². The molecular weight excluding hydrogens is 338 g/mol. The molecule has 25 heavy (non-hydrogen) atoms. The maximum absolute atomic E-state index is 12.2. The molecule has 0 radical (unpaired) electrons. The van der Waals surface area contributed by atoms with Gasteiger partial charge >= 0.3 is 0 Å². The molecule has 0 spiro atoms. The predicted octanol–water partition coefficient (Wildman–Crippen LogP) is 2.03. The molecule has 7 nitrogen and oxygen atoms in total. The minimum absolute atomic E-state index is 0.239. The van der Waals surface area contributed by atoms with Crippen LogP contribution in [0, 0.1) is 0 Å². The first-order valence-electron chi connectivity index (χ1n) is 9.45. The van der Waals surface area contributed by atoms with Crippen molar-refractivity contribution >= 4 is 10.0 Å². The topological polar surface area (TPSA) is 71.3 Å². The van der Waals surface area contributed by atoms with Crippen molar-refractivity contribution in [2.75, 3.05) is 25.4 Å². The molecule has 8 heteroatoms. The number of piperidine rings is 1. The molecule has 3 rings (SSSR count). The Morgan fingerprint density at radius 2 is 1.96 bits per heavy atom. The minimum Gasteiger partial charge on any atom is -0.292 e. The summed E-state index contributed by atoms with van der Waals surface area (Å²) in [6.45, 7) is 9.61. The standard InChI is InChI=1S/C17H31N5O2S/c1-4-12-25(23,24)21-10-6-16(7-11-21)22-14-15(18-19-22)13-20-9-5-8-17(20,2)3/h14,16H,4-13H2,1-3H3. The first-order chi connectivity index (χ1) is 11.8. The smallest absolute Gasteiger partial charge is 0.214 e. The first-order valence-corrected chi connectivity index (χ1v) is 11.1. The molecule has 1 aromatic rings. The summed E-state index contributed by atoms with van der Waals surface area (Å²) in [6.07, 6.45) is 6.80. The van der Waals surface area contributed by atoms with E-state index in [1.165, 1.54) is 12.8 Å². The fraction of sp³-hybridized carbons (Fsp3) is 0.882. The van der Waals surface area contributed by atoms with Crippen LogP contribution in [0.15, 0.2) is 6.20 Å². The van der Waals surface area contributed by atoms with Gasteiger partial charge in [0.25, 0.3) is 0 Å². The Bertz CT molecular complexity index is 677. The Balaban J connectivity index is 1.57. The average Bonchev–Trinajstić information content (AvgIpc) is 3.15. The van der Waals surface area contributed by atoms with Gasteiger partial charge < -0.3 is 0 Å². The Labute approximate surface area is 151 Å². The third kappa shape index (κ3) is 4.23. The first kappa shape index (κ1) is 18.8. The summed E-state index contributed by atoms with van der Waals surface area (Å²) in [5.41, 5.74) is 1.25. The SMILES string of the molecule is CCCS(=O)(=O)N1CCC(n2cc(CN3CCCC3(C)C)nn2)CC1. The molecule has 142 valence electrons. The second-order valence-electron chi connectivity index (χ2n) is 7.97. The van der Waals surface area contributed by atoms with Crippen molar-refractivity contribution in [1.82, 2.24) is 24.2 Å². The number of sulfonamides is 1. The fourth-order valence-corrected chi connectivity index (χ4v) is 5.53. The number of aromatic nitrogens is 3. The molecule has 0 amide bonds. The van der Waals surface area contributed by atoms with Gasteiger partial charge in [0.2, 0.25) is 10.0 Å². The maximum atomic E-state index is 12.2. The van der Waals surface area contributed by atoms with Crippen molar-refractivity contribution in [3.05, 3.63) is 11.9 Å². The molecule has 3 heterocycles. The van der Waals surface area contributed by atoms with E-state index in [1.54, 1.807) is 4.31 Å². The van der Waals surface area contributed by atoms with Crippen LogP contribution in [0.1, 0.15) is 64.6 Å². The summed E-state index contributed by atoms with van der Waals surface area (Å²) in [4.78, 5) is 2.47. The summed E-state index contributed by atoms with van der Waals surface area (Å²) in [6, 6.07) is 0.251. The van der Waals surface area contributed by atoms with Crippen LogP contribution in [0.3, 0.4) is 0 Å². The van der Waals surface area contributed by atoms with Gasteiger partial charge in [0.05, 0.1) is 23.7 Å². The molecule has 2 saturated heterocycles. The Morgan fingerprint density at radius 1 is 1.24 bits per heavy atom. The zero-order chi connectivity index (χ0) is 18.1. The highest BCUT2D eigenvalue weighted by molar-refractivity contribution is 7.89. The lowest BCUT2D eigenvalue weighted by molar-refractivity contribution is 0.164. The zero-order valence-electron chi connectivity index (χ0n) is 15.7. The molecule has 0 N–H and O–H groups in total. The predicted molar refractivity (Wildman–Crippen MR) is 97.7 cm³/mol. The highest BCUT2D eigenvalue weighted by Crippen LogP contribution is 2.30. The van der Waals surface area contributed by atoms with Crippen LogP contribution in [-0.2, 0) is 16.6 Å². The van der Waals surface area contributed by atoms with Crippen LogP contribution in [0.4, 0.5) is 0 Å². The maximum Gasteiger partial charge on any atom is 0.214 e. The van der Waals surface area contributed by atoms with E-state index in [2.05, 4.69) is 35.3 Å². The van der Waals surface area contributed by atoms with Crippen LogP contribution in [-0.4, -0.2) is 63.5 Å². The number of hydrogen-bond acceptors (Lipinski definition) is 5. The van der Waals surface area contributed by atoms with Gasteiger partial charge in [-0.05, 0) is 52.5 Å². The van der Waals surface area contributed by atoms with Gasteiger partial charge in [-0.25, -0.2) is 17.4 Å². The Morgan fingerprint density at radius 3 is 2.56 bits per heavy atom. The second kappa shape index (κ2) is 7.32. The highest BCUT2D eigenvalue weighted by Gasteiger charge is 2.33. The lowest BCUT2D eigenvalue weighted by Gasteiger charge is -2.31. The van der Waals surface area contributed by atoms with Gasteiger partial charge in [-0.2, -0.15) is 0 Å². The molecule has 0 unspecified atom stereocenters. The molecule has 2 aliphatic heterocycles. The lowest BCUT2D eigenvalue weighted by atomic mass is 10.0. The van der Waals surface area contributed by atoms with E-state index in [-0.39, 0.29) is 17.3 Å². The summed E-state index contributed by atoms with van der Waals surface area (Å²) in [7, 11) is -3.08. The van der Waals surface area contributed by atoms with Gasteiger partial charge in [0.1, 0.15) is 0 Å². The van der Waals surface area contributed by atoms with Crippen molar-refractivity contribution in [3.8, 4) is 0 Å². The Hall–Kier alpha value is -0.990. The molecule has 0 saturated carbocycles. The van der Waals surface area contributed by atoms with Crippen LogP contribution >= 0.6 is 0 Å². The quantitative estimate of drug-likeness (QED) is 0.767. The van der Waals surface area contributed by atoms with Gasteiger partial charge in [-0.3, -0.25) is 4.90 Å². The van der Waals surface area contributed by atoms with Crippen molar-refractivity contribution in [1.29, 1.82) is 0 Å². The molecule has 2 fully saturated rings. The fourth-order valence-electron chi connectivity index (χ4n) is 3.99. The second-order valence-corrected chi connectivity index (χ2v) is 10.1. The number of nitrogens with zero attached hydrogens (tertiary/aromatic N) is 5. The highest BCUT2D eigenvalue weighted by atomic mass is 32.2. The van der Waals surface area contributed by atoms with E-state index >= 15 is 0 Å². The molecule has 0 aliphatic carbocycles. The van der Waals surface area contributed by atoms with Crippen molar-refractivity contribution in [2.24, 2.45) is 0 Å². The number of hydrogen-bond donors (Lipinski definition) is 0. The van der Waals surface area contributed by atoms with Crippen molar-refractivity contribution < 1.29 is 8.42 Å². The minimum atomic E-state index is -3.08. The zero-order valence-corrected chi connectivity index (χ0v) is 16.5. The van der Waals surface area contributed by atoms with Crippen LogP contribution in [0.25, 0.3) is 0 Å². The molecule has 0 aromatic carbocycles. The van der Waals surface area contributed by atoms with E-state index in [0.717, 1.165) is 31.6 Å².